The lowest BCUT2D eigenvalue weighted by Crippen LogP contribution is -2.01. The fourth-order valence-electron chi connectivity index (χ4n) is 2.30. The monoisotopic (exact) mass is 246 g/mol. The van der Waals surface area contributed by atoms with E-state index in [4.69, 9.17) is 0 Å². The quantitative estimate of drug-likeness (QED) is 0.730. The first-order valence-electron chi connectivity index (χ1n) is 6.40. The van der Waals surface area contributed by atoms with E-state index in [0.717, 1.165) is 22.3 Å². The third-order valence-corrected chi connectivity index (χ3v) is 3.32. The molecule has 0 fully saturated rings. The number of allylic oxidation sites excluding steroid dienone is 3. The molecule has 19 heavy (non-hydrogen) atoms. The van der Waals surface area contributed by atoms with Gasteiger partial charge < -0.3 is 0 Å². The maximum atomic E-state index is 12.2. The molecular weight excluding hydrogens is 232 g/mol. The lowest BCUT2D eigenvalue weighted by atomic mass is 9.95. The van der Waals surface area contributed by atoms with Gasteiger partial charge in [-0.25, -0.2) is 0 Å². The van der Waals surface area contributed by atoms with Crippen molar-refractivity contribution in [1.29, 1.82) is 0 Å². The van der Waals surface area contributed by atoms with Crippen LogP contribution in [0.15, 0.2) is 66.7 Å². The summed E-state index contributed by atoms with van der Waals surface area (Å²) in [5.41, 5.74) is 4.05. The Labute approximate surface area is 112 Å². The van der Waals surface area contributed by atoms with E-state index in [2.05, 4.69) is 18.2 Å². The molecule has 2 aromatic carbocycles. The number of rotatable bonds is 1. The van der Waals surface area contributed by atoms with Gasteiger partial charge in [0.2, 0.25) is 0 Å². The van der Waals surface area contributed by atoms with Crippen LogP contribution in [0.1, 0.15) is 27.9 Å². The molecule has 0 N–H and O–H groups in total. The number of carbonyl (C=O) groups is 1. The predicted molar refractivity (Wildman–Crippen MR) is 78.8 cm³/mol. The van der Waals surface area contributed by atoms with Crippen LogP contribution in [0.25, 0.3) is 11.6 Å². The summed E-state index contributed by atoms with van der Waals surface area (Å²) in [6.45, 7) is 0. The fourth-order valence-corrected chi connectivity index (χ4v) is 2.30. The van der Waals surface area contributed by atoms with Gasteiger partial charge in [-0.3, -0.25) is 4.79 Å². The number of hydrogen-bond acceptors (Lipinski definition) is 1. The SMILES string of the molecule is O=C1C/C=C(c2ccccc2)\C=C/c2ccccc21. The summed E-state index contributed by atoms with van der Waals surface area (Å²) in [4.78, 5) is 12.2. The molecule has 0 heterocycles. The molecule has 1 nitrogen and oxygen atoms in total. The minimum atomic E-state index is 0.174. The second kappa shape index (κ2) is 5.07. The summed E-state index contributed by atoms with van der Waals surface area (Å²) in [7, 11) is 0. The van der Waals surface area contributed by atoms with E-state index in [0.29, 0.717) is 6.42 Å². The van der Waals surface area contributed by atoms with E-state index < -0.39 is 0 Å². The predicted octanol–water partition coefficient (Wildman–Crippen LogP) is 4.37. The Morgan fingerprint density at radius 1 is 0.789 bits per heavy atom. The van der Waals surface area contributed by atoms with E-state index in [9.17, 15) is 4.79 Å². The summed E-state index contributed by atoms with van der Waals surface area (Å²) >= 11 is 0. The number of fused-ring (bicyclic) bond motifs is 1. The zero-order valence-corrected chi connectivity index (χ0v) is 10.5. The number of ketones is 1. The van der Waals surface area contributed by atoms with E-state index in [1.807, 2.05) is 54.6 Å². The first kappa shape index (κ1) is 11.7. The van der Waals surface area contributed by atoms with Crippen LogP contribution in [-0.4, -0.2) is 5.78 Å². The highest BCUT2D eigenvalue weighted by molar-refractivity contribution is 6.02. The normalized spacial score (nSPS) is 18.7. The Balaban J connectivity index is 2.05. The fraction of sp³-hybridized carbons (Fsp3) is 0.0556. The molecule has 0 amide bonds. The summed E-state index contributed by atoms with van der Waals surface area (Å²) in [6, 6.07) is 17.9. The van der Waals surface area contributed by atoms with Crippen molar-refractivity contribution in [2.24, 2.45) is 0 Å². The van der Waals surface area contributed by atoms with Crippen LogP contribution in [0.5, 0.6) is 0 Å². The molecule has 1 aliphatic carbocycles. The van der Waals surface area contributed by atoms with Crippen molar-refractivity contribution in [3.05, 3.63) is 83.4 Å². The Hall–Kier alpha value is -2.41. The van der Waals surface area contributed by atoms with Crippen LogP contribution < -0.4 is 0 Å². The zero-order valence-electron chi connectivity index (χ0n) is 10.5. The molecule has 0 bridgehead atoms. The van der Waals surface area contributed by atoms with Crippen LogP contribution in [0.2, 0.25) is 0 Å². The van der Waals surface area contributed by atoms with Gasteiger partial charge in [0.1, 0.15) is 0 Å². The summed E-state index contributed by atoms with van der Waals surface area (Å²) in [5.74, 6) is 0.174. The average Bonchev–Trinajstić information content (AvgIpc) is 2.46. The van der Waals surface area contributed by atoms with Crippen LogP contribution in [-0.2, 0) is 0 Å². The molecule has 0 saturated carbocycles. The first-order chi connectivity index (χ1) is 9.34. The molecule has 0 saturated heterocycles. The molecule has 0 aromatic heterocycles. The van der Waals surface area contributed by atoms with E-state index in [-0.39, 0.29) is 5.78 Å². The Morgan fingerprint density at radius 3 is 2.37 bits per heavy atom. The lowest BCUT2D eigenvalue weighted by molar-refractivity contribution is 0.0995. The van der Waals surface area contributed by atoms with Crippen molar-refractivity contribution in [2.45, 2.75) is 6.42 Å². The number of Topliss-reactive ketones (excluding diaryl/α,β-unsaturated/α-hetero) is 1. The molecule has 1 heteroatoms. The number of carbonyl (C=O) groups excluding carboxylic acids is 1. The molecule has 2 aromatic rings. The minimum Gasteiger partial charge on any atom is -0.294 e. The Morgan fingerprint density at radius 2 is 1.53 bits per heavy atom. The lowest BCUT2D eigenvalue weighted by Gasteiger charge is -2.09. The second-order valence-electron chi connectivity index (χ2n) is 4.57. The van der Waals surface area contributed by atoms with Crippen LogP contribution in [0.4, 0.5) is 0 Å². The summed E-state index contributed by atoms with van der Waals surface area (Å²) in [6.07, 6.45) is 6.56. The van der Waals surface area contributed by atoms with Crippen LogP contribution in [0.3, 0.4) is 0 Å². The topological polar surface area (TPSA) is 17.1 Å². The highest BCUT2D eigenvalue weighted by Gasteiger charge is 2.11. The second-order valence-corrected chi connectivity index (χ2v) is 4.57. The van der Waals surface area contributed by atoms with Gasteiger partial charge in [-0.15, -0.1) is 0 Å². The van der Waals surface area contributed by atoms with E-state index in [1.54, 1.807) is 0 Å². The van der Waals surface area contributed by atoms with Gasteiger partial charge in [-0.1, -0.05) is 72.8 Å². The van der Waals surface area contributed by atoms with Gasteiger partial charge in [0.05, 0.1) is 0 Å². The van der Waals surface area contributed by atoms with Crippen LogP contribution >= 0.6 is 0 Å². The number of hydrogen-bond donors (Lipinski definition) is 0. The van der Waals surface area contributed by atoms with Gasteiger partial charge in [0.25, 0.3) is 0 Å². The standard InChI is InChI=1S/C18H14O/c19-18-13-12-15(14-6-2-1-3-7-14)10-11-16-8-4-5-9-17(16)18/h1-12H,13H2/b11-10-,15-12+. The van der Waals surface area contributed by atoms with Crippen molar-refractivity contribution < 1.29 is 4.79 Å². The largest absolute Gasteiger partial charge is 0.294 e. The molecule has 0 radical (unpaired) electrons. The smallest absolute Gasteiger partial charge is 0.167 e. The number of benzene rings is 2. The van der Waals surface area contributed by atoms with Gasteiger partial charge in [-0.2, -0.15) is 0 Å². The zero-order chi connectivity index (χ0) is 13.1. The van der Waals surface area contributed by atoms with E-state index in [1.165, 1.54) is 0 Å². The molecule has 92 valence electrons. The third kappa shape index (κ3) is 2.41. The molecule has 1 aliphatic rings. The highest BCUT2D eigenvalue weighted by atomic mass is 16.1. The van der Waals surface area contributed by atoms with Crippen molar-refractivity contribution in [1.82, 2.24) is 0 Å². The molecule has 0 atom stereocenters. The maximum absolute atomic E-state index is 12.2. The van der Waals surface area contributed by atoms with Gasteiger partial charge in [-0.05, 0) is 16.7 Å². The van der Waals surface area contributed by atoms with Crippen molar-refractivity contribution >= 4 is 17.4 Å². The van der Waals surface area contributed by atoms with Gasteiger partial charge in [0, 0.05) is 12.0 Å². The van der Waals surface area contributed by atoms with Crippen LogP contribution in [0, 0.1) is 0 Å². The average molecular weight is 246 g/mol. The first-order valence-corrected chi connectivity index (χ1v) is 6.40. The molecular formula is C18H14O. The van der Waals surface area contributed by atoms with Crippen molar-refractivity contribution in [3.63, 3.8) is 0 Å². The van der Waals surface area contributed by atoms with Gasteiger partial charge >= 0.3 is 0 Å². The Kier molecular flexibility index (Phi) is 3.11. The van der Waals surface area contributed by atoms with E-state index >= 15 is 0 Å². The summed E-state index contributed by atoms with van der Waals surface area (Å²) in [5, 5.41) is 0. The Bertz CT molecular complexity index is 663. The summed E-state index contributed by atoms with van der Waals surface area (Å²) < 4.78 is 0. The molecule has 0 spiro atoms. The molecule has 0 unspecified atom stereocenters. The molecule has 3 rings (SSSR count). The minimum absolute atomic E-state index is 0.174. The van der Waals surface area contributed by atoms with Gasteiger partial charge in [0.15, 0.2) is 5.78 Å². The van der Waals surface area contributed by atoms with Crippen molar-refractivity contribution in [3.8, 4) is 0 Å². The van der Waals surface area contributed by atoms with Crippen molar-refractivity contribution in [2.75, 3.05) is 0 Å². The third-order valence-electron chi connectivity index (χ3n) is 3.32. The molecule has 0 aliphatic heterocycles. The highest BCUT2D eigenvalue weighted by Crippen LogP contribution is 2.23. The maximum Gasteiger partial charge on any atom is 0.167 e.